The van der Waals surface area contributed by atoms with E-state index >= 15 is 0 Å². The minimum atomic E-state index is -0.598. The van der Waals surface area contributed by atoms with Crippen molar-refractivity contribution in [3.8, 4) is 0 Å². The molecule has 0 saturated carbocycles. The van der Waals surface area contributed by atoms with Gasteiger partial charge in [-0.25, -0.2) is 0 Å². The molecule has 18 heavy (non-hydrogen) atoms. The van der Waals surface area contributed by atoms with E-state index < -0.39 is 5.54 Å². The molecule has 106 valence electrons. The molecule has 0 aliphatic carbocycles. The highest BCUT2D eigenvalue weighted by atomic mass is 16.1. The van der Waals surface area contributed by atoms with Crippen LogP contribution in [-0.4, -0.2) is 68.1 Å². The van der Waals surface area contributed by atoms with Gasteiger partial charge in [-0.2, -0.15) is 0 Å². The van der Waals surface area contributed by atoms with Crippen LogP contribution in [0.1, 0.15) is 20.3 Å². The van der Waals surface area contributed by atoms with Gasteiger partial charge in [0.15, 0.2) is 0 Å². The third-order valence-electron chi connectivity index (χ3n) is 4.34. The lowest BCUT2D eigenvalue weighted by Crippen LogP contribution is -2.53. The zero-order valence-corrected chi connectivity index (χ0v) is 12.4. The molecule has 0 bridgehead atoms. The quantitative estimate of drug-likeness (QED) is 0.686. The Balaban J connectivity index is 2.48. The first kappa shape index (κ1) is 15.4. The van der Waals surface area contributed by atoms with Crippen LogP contribution >= 0.6 is 0 Å². The molecule has 0 aromatic heterocycles. The number of nitrogens with zero attached hydrogens (tertiary/aromatic N) is 2. The number of amides is 1. The highest BCUT2D eigenvalue weighted by molar-refractivity contribution is 5.84. The van der Waals surface area contributed by atoms with Crippen molar-refractivity contribution in [1.82, 2.24) is 15.1 Å². The maximum Gasteiger partial charge on any atom is 0.237 e. The molecule has 3 atom stereocenters. The number of carbonyl (C=O) groups excluding carboxylic acids is 1. The topological polar surface area (TPSA) is 61.6 Å². The molecule has 3 unspecified atom stereocenters. The van der Waals surface area contributed by atoms with E-state index in [0.29, 0.717) is 12.0 Å². The molecule has 0 spiro atoms. The summed E-state index contributed by atoms with van der Waals surface area (Å²) in [5, 5.41) is 3.04. The van der Waals surface area contributed by atoms with Gasteiger partial charge in [-0.3, -0.25) is 4.79 Å². The molecule has 5 nitrogen and oxygen atoms in total. The molecule has 0 aromatic rings. The van der Waals surface area contributed by atoms with Gasteiger partial charge in [0.25, 0.3) is 0 Å². The molecule has 1 heterocycles. The summed E-state index contributed by atoms with van der Waals surface area (Å²) in [4.78, 5) is 16.1. The van der Waals surface area contributed by atoms with Gasteiger partial charge in [-0.05, 0) is 40.4 Å². The normalized spacial score (nSPS) is 28.6. The van der Waals surface area contributed by atoms with Crippen molar-refractivity contribution in [2.45, 2.75) is 31.8 Å². The summed E-state index contributed by atoms with van der Waals surface area (Å²) in [6, 6.07) is 0.611. The second-order valence-corrected chi connectivity index (χ2v) is 5.96. The number of likely N-dealkylation sites (tertiary alicyclic amines) is 1. The molecular formula is C13H28N4O. The van der Waals surface area contributed by atoms with Crippen LogP contribution in [0.25, 0.3) is 0 Å². The van der Waals surface area contributed by atoms with Crippen molar-refractivity contribution >= 4 is 5.91 Å². The Morgan fingerprint density at radius 1 is 1.50 bits per heavy atom. The number of primary amides is 1. The first-order valence-electron chi connectivity index (χ1n) is 6.67. The molecule has 1 aliphatic rings. The van der Waals surface area contributed by atoms with Crippen LogP contribution in [0.4, 0.5) is 0 Å². The van der Waals surface area contributed by atoms with E-state index in [-0.39, 0.29) is 5.91 Å². The van der Waals surface area contributed by atoms with E-state index in [1.165, 1.54) is 0 Å². The van der Waals surface area contributed by atoms with E-state index in [0.717, 1.165) is 26.1 Å². The largest absolute Gasteiger partial charge is 0.368 e. The summed E-state index contributed by atoms with van der Waals surface area (Å²) >= 11 is 0. The van der Waals surface area contributed by atoms with Crippen LogP contribution in [0.3, 0.4) is 0 Å². The first-order valence-corrected chi connectivity index (χ1v) is 6.67. The van der Waals surface area contributed by atoms with Crippen LogP contribution in [0, 0.1) is 5.92 Å². The Hall–Kier alpha value is -0.650. The zero-order valence-electron chi connectivity index (χ0n) is 12.4. The second-order valence-electron chi connectivity index (χ2n) is 5.96. The molecule has 0 aromatic carbocycles. The summed E-state index contributed by atoms with van der Waals surface area (Å²) in [7, 11) is 6.05. The number of nitrogens with one attached hydrogen (secondary N) is 1. The molecule has 5 heteroatoms. The zero-order chi connectivity index (χ0) is 13.9. The summed E-state index contributed by atoms with van der Waals surface area (Å²) in [5.41, 5.74) is 4.84. The third-order valence-corrected chi connectivity index (χ3v) is 4.34. The monoisotopic (exact) mass is 256 g/mol. The fourth-order valence-electron chi connectivity index (χ4n) is 2.66. The summed E-state index contributed by atoms with van der Waals surface area (Å²) in [6.45, 7) is 7.25. The van der Waals surface area contributed by atoms with Crippen LogP contribution in [-0.2, 0) is 4.79 Å². The molecule has 1 fully saturated rings. The molecule has 1 saturated heterocycles. The molecule has 3 N–H and O–H groups in total. The first-order chi connectivity index (χ1) is 8.30. The number of carbonyl (C=O) groups is 1. The minimum Gasteiger partial charge on any atom is -0.368 e. The number of likely N-dealkylation sites (N-methyl/N-ethyl adjacent to an activating group) is 2. The lowest BCUT2D eigenvalue weighted by atomic mass is 9.97. The standard InChI is InChI=1S/C13H28N4O/c1-10-8-17(9-11(10)16(4)5)7-6-13(2,15-3)12(14)18/h10-11,15H,6-9H2,1-5H3,(H2,14,18). The van der Waals surface area contributed by atoms with Crippen molar-refractivity contribution in [3.63, 3.8) is 0 Å². The summed E-state index contributed by atoms with van der Waals surface area (Å²) < 4.78 is 0. The van der Waals surface area contributed by atoms with Gasteiger partial charge < -0.3 is 20.9 Å². The van der Waals surface area contributed by atoms with Crippen LogP contribution in [0.5, 0.6) is 0 Å². The van der Waals surface area contributed by atoms with Gasteiger partial charge in [0.05, 0.1) is 5.54 Å². The van der Waals surface area contributed by atoms with Crippen LogP contribution in [0.15, 0.2) is 0 Å². The molecular weight excluding hydrogens is 228 g/mol. The van der Waals surface area contributed by atoms with Crippen molar-refractivity contribution < 1.29 is 4.79 Å². The Morgan fingerprint density at radius 2 is 2.11 bits per heavy atom. The Morgan fingerprint density at radius 3 is 2.50 bits per heavy atom. The minimum absolute atomic E-state index is 0.276. The lowest BCUT2D eigenvalue weighted by molar-refractivity contribution is -0.124. The summed E-state index contributed by atoms with van der Waals surface area (Å²) in [6.07, 6.45) is 0.756. The molecule has 1 amide bonds. The van der Waals surface area contributed by atoms with Crippen molar-refractivity contribution in [3.05, 3.63) is 0 Å². The number of hydrogen-bond donors (Lipinski definition) is 2. The predicted octanol–water partition coefficient (Wildman–Crippen LogP) is -0.278. The van der Waals surface area contributed by atoms with Gasteiger partial charge >= 0.3 is 0 Å². The van der Waals surface area contributed by atoms with Gasteiger partial charge in [-0.15, -0.1) is 0 Å². The average Bonchev–Trinajstić information content (AvgIpc) is 2.67. The second kappa shape index (κ2) is 5.99. The van der Waals surface area contributed by atoms with Gasteiger partial charge in [0, 0.05) is 25.7 Å². The Labute approximate surface area is 111 Å². The molecule has 0 radical (unpaired) electrons. The fourth-order valence-corrected chi connectivity index (χ4v) is 2.66. The SMILES string of the molecule is CNC(C)(CCN1CC(C)C(N(C)C)C1)C(N)=O. The molecule has 1 aliphatic heterocycles. The lowest BCUT2D eigenvalue weighted by Gasteiger charge is -2.28. The smallest absolute Gasteiger partial charge is 0.237 e. The molecule has 1 rings (SSSR count). The van der Waals surface area contributed by atoms with Crippen LogP contribution < -0.4 is 11.1 Å². The average molecular weight is 256 g/mol. The number of nitrogens with two attached hydrogens (primary N) is 1. The number of rotatable bonds is 6. The Kier molecular flexibility index (Phi) is 5.13. The maximum atomic E-state index is 11.4. The number of hydrogen-bond acceptors (Lipinski definition) is 4. The predicted molar refractivity (Wildman–Crippen MR) is 74.4 cm³/mol. The highest BCUT2D eigenvalue weighted by Crippen LogP contribution is 2.21. The van der Waals surface area contributed by atoms with Crippen LogP contribution in [0.2, 0.25) is 0 Å². The third kappa shape index (κ3) is 3.43. The van der Waals surface area contributed by atoms with E-state index in [1.807, 2.05) is 6.92 Å². The highest BCUT2D eigenvalue weighted by Gasteiger charge is 2.34. The fraction of sp³-hybridized carbons (Fsp3) is 0.923. The maximum absolute atomic E-state index is 11.4. The van der Waals surface area contributed by atoms with Gasteiger partial charge in [-0.1, -0.05) is 6.92 Å². The van der Waals surface area contributed by atoms with Gasteiger partial charge in [0.2, 0.25) is 5.91 Å². The van der Waals surface area contributed by atoms with Gasteiger partial charge in [0.1, 0.15) is 0 Å². The van der Waals surface area contributed by atoms with E-state index in [1.54, 1.807) is 7.05 Å². The van der Waals surface area contributed by atoms with Crippen molar-refractivity contribution in [2.75, 3.05) is 40.8 Å². The van der Waals surface area contributed by atoms with E-state index in [9.17, 15) is 4.79 Å². The summed E-state index contributed by atoms with van der Waals surface area (Å²) in [5.74, 6) is 0.399. The van der Waals surface area contributed by atoms with Crippen molar-refractivity contribution in [2.24, 2.45) is 11.7 Å². The van der Waals surface area contributed by atoms with Crippen molar-refractivity contribution in [1.29, 1.82) is 0 Å². The van der Waals surface area contributed by atoms with E-state index in [2.05, 4.69) is 36.1 Å². The Bertz CT molecular complexity index is 295. The van der Waals surface area contributed by atoms with E-state index in [4.69, 9.17) is 5.73 Å².